The molecule has 1 heterocycles. The average Bonchev–Trinajstić information content (AvgIpc) is 2.64. The van der Waals surface area contributed by atoms with E-state index in [0.29, 0.717) is 12.4 Å². The first-order chi connectivity index (χ1) is 13.5. The maximum atomic E-state index is 5.68. The zero-order valence-electron chi connectivity index (χ0n) is 16.7. The van der Waals surface area contributed by atoms with Crippen molar-refractivity contribution in [3.8, 4) is 11.5 Å². The van der Waals surface area contributed by atoms with Gasteiger partial charge in [0.05, 0.1) is 12.7 Å². The van der Waals surface area contributed by atoms with Crippen LogP contribution in [-0.4, -0.2) is 22.7 Å². The summed E-state index contributed by atoms with van der Waals surface area (Å²) in [4.78, 5) is 8.93. The van der Waals surface area contributed by atoms with Crippen LogP contribution in [0.2, 0.25) is 0 Å². The predicted octanol–water partition coefficient (Wildman–Crippen LogP) is 5.46. The zero-order chi connectivity index (χ0) is 19.9. The molecule has 6 heteroatoms. The molecule has 0 unspecified atom stereocenters. The molecule has 0 fully saturated rings. The summed E-state index contributed by atoms with van der Waals surface area (Å²) in [5.41, 5.74) is 1.86. The Morgan fingerprint density at radius 1 is 0.821 bits per heavy atom. The van der Waals surface area contributed by atoms with Crippen molar-refractivity contribution in [1.29, 1.82) is 0 Å². The summed E-state index contributed by atoms with van der Waals surface area (Å²) in [7, 11) is 0. The minimum Gasteiger partial charge on any atom is -0.494 e. The van der Waals surface area contributed by atoms with Crippen molar-refractivity contribution in [3.05, 3.63) is 60.4 Å². The topological polar surface area (TPSA) is 68.3 Å². The average molecular weight is 378 g/mol. The van der Waals surface area contributed by atoms with Crippen molar-refractivity contribution >= 4 is 23.0 Å². The Morgan fingerprint density at radius 3 is 1.79 bits per heavy atom. The van der Waals surface area contributed by atoms with E-state index in [1.165, 1.54) is 0 Å². The van der Waals surface area contributed by atoms with Gasteiger partial charge >= 0.3 is 0 Å². The molecule has 3 aromatic rings. The van der Waals surface area contributed by atoms with Gasteiger partial charge < -0.3 is 20.1 Å². The van der Waals surface area contributed by atoms with E-state index in [1.54, 1.807) is 0 Å². The van der Waals surface area contributed by atoms with Gasteiger partial charge in [-0.05, 0) is 76.2 Å². The molecule has 0 saturated carbocycles. The van der Waals surface area contributed by atoms with E-state index in [1.807, 2.05) is 82.3 Å². The molecule has 0 aliphatic heterocycles. The Kier molecular flexibility index (Phi) is 6.32. The molecule has 0 atom stereocenters. The Balaban J connectivity index is 1.70. The molecule has 3 rings (SSSR count). The van der Waals surface area contributed by atoms with Gasteiger partial charge in [-0.3, -0.25) is 0 Å². The van der Waals surface area contributed by atoms with Crippen molar-refractivity contribution in [1.82, 2.24) is 9.97 Å². The van der Waals surface area contributed by atoms with E-state index in [0.717, 1.165) is 34.5 Å². The Labute approximate surface area is 166 Å². The van der Waals surface area contributed by atoms with Crippen LogP contribution in [0.5, 0.6) is 11.5 Å². The van der Waals surface area contributed by atoms with Crippen LogP contribution in [-0.2, 0) is 0 Å². The smallest absolute Gasteiger partial charge is 0.136 e. The number of ether oxygens (including phenoxy) is 2. The maximum absolute atomic E-state index is 5.68. The summed E-state index contributed by atoms with van der Waals surface area (Å²) in [5, 5.41) is 6.61. The molecule has 146 valence electrons. The second-order valence-corrected chi connectivity index (χ2v) is 6.58. The van der Waals surface area contributed by atoms with E-state index in [2.05, 4.69) is 20.6 Å². The molecule has 0 bridgehead atoms. The van der Waals surface area contributed by atoms with Gasteiger partial charge in [0, 0.05) is 17.4 Å². The molecular formula is C22H26N4O2. The quantitative estimate of drug-likeness (QED) is 0.543. The summed E-state index contributed by atoms with van der Waals surface area (Å²) in [6, 6.07) is 17.5. The zero-order valence-corrected chi connectivity index (χ0v) is 16.7. The van der Waals surface area contributed by atoms with Gasteiger partial charge in [-0.2, -0.15) is 0 Å². The number of hydrogen-bond acceptors (Lipinski definition) is 6. The molecule has 6 nitrogen and oxygen atoms in total. The number of hydrogen-bond donors (Lipinski definition) is 2. The molecule has 2 aromatic carbocycles. The minimum atomic E-state index is 0.152. The first-order valence-electron chi connectivity index (χ1n) is 9.41. The van der Waals surface area contributed by atoms with Crippen LogP contribution in [0, 0.1) is 6.92 Å². The van der Waals surface area contributed by atoms with E-state index < -0.39 is 0 Å². The van der Waals surface area contributed by atoms with Crippen LogP contribution in [0.3, 0.4) is 0 Å². The lowest BCUT2D eigenvalue weighted by Gasteiger charge is -2.12. The van der Waals surface area contributed by atoms with Crippen LogP contribution in [0.4, 0.5) is 23.0 Å². The number of anilines is 4. The molecule has 0 spiro atoms. The van der Waals surface area contributed by atoms with Gasteiger partial charge in [0.1, 0.15) is 29.0 Å². The van der Waals surface area contributed by atoms with Crippen molar-refractivity contribution in [3.63, 3.8) is 0 Å². The fourth-order valence-electron chi connectivity index (χ4n) is 2.68. The summed E-state index contributed by atoms with van der Waals surface area (Å²) in [6.45, 7) is 8.50. The summed E-state index contributed by atoms with van der Waals surface area (Å²) >= 11 is 0. The van der Waals surface area contributed by atoms with Crippen molar-refractivity contribution < 1.29 is 9.47 Å². The van der Waals surface area contributed by atoms with Crippen molar-refractivity contribution in [2.75, 3.05) is 17.2 Å². The maximum Gasteiger partial charge on any atom is 0.136 e. The minimum absolute atomic E-state index is 0.152. The molecule has 1 aromatic heterocycles. The second-order valence-electron chi connectivity index (χ2n) is 6.58. The van der Waals surface area contributed by atoms with Crippen molar-refractivity contribution in [2.24, 2.45) is 0 Å². The third kappa shape index (κ3) is 5.61. The van der Waals surface area contributed by atoms with Crippen LogP contribution in [0.1, 0.15) is 26.6 Å². The fourth-order valence-corrected chi connectivity index (χ4v) is 2.68. The van der Waals surface area contributed by atoms with E-state index >= 15 is 0 Å². The monoisotopic (exact) mass is 378 g/mol. The molecule has 0 aliphatic rings. The molecule has 0 saturated heterocycles. The van der Waals surface area contributed by atoms with Crippen LogP contribution in [0.25, 0.3) is 0 Å². The number of rotatable bonds is 8. The van der Waals surface area contributed by atoms with Crippen molar-refractivity contribution in [2.45, 2.75) is 33.8 Å². The molecule has 28 heavy (non-hydrogen) atoms. The normalized spacial score (nSPS) is 10.6. The highest BCUT2D eigenvalue weighted by Crippen LogP contribution is 2.23. The number of nitrogens with one attached hydrogen (secondary N) is 2. The highest BCUT2D eigenvalue weighted by molar-refractivity contribution is 5.64. The Hall–Kier alpha value is -3.28. The van der Waals surface area contributed by atoms with Crippen LogP contribution >= 0.6 is 0 Å². The third-order valence-electron chi connectivity index (χ3n) is 3.77. The standard InChI is InChI=1S/C22H26N4O2/c1-5-27-19-10-6-17(7-11-19)25-21-14-22(24-16(4)23-21)26-18-8-12-20(13-9-18)28-15(2)3/h6-15H,5H2,1-4H3,(H2,23,24,25,26). The van der Waals surface area contributed by atoms with E-state index in [9.17, 15) is 0 Å². The lowest BCUT2D eigenvalue weighted by molar-refractivity contribution is 0.242. The predicted molar refractivity (Wildman–Crippen MR) is 113 cm³/mol. The van der Waals surface area contributed by atoms with Gasteiger partial charge in [-0.25, -0.2) is 9.97 Å². The molecular weight excluding hydrogens is 352 g/mol. The van der Waals surface area contributed by atoms with E-state index in [4.69, 9.17) is 9.47 Å². The highest BCUT2D eigenvalue weighted by atomic mass is 16.5. The fraction of sp³-hybridized carbons (Fsp3) is 0.273. The summed E-state index contributed by atoms with van der Waals surface area (Å²) in [6.07, 6.45) is 0.152. The number of aromatic nitrogens is 2. The van der Waals surface area contributed by atoms with Crippen LogP contribution in [0.15, 0.2) is 54.6 Å². The second kappa shape index (κ2) is 9.08. The van der Waals surface area contributed by atoms with E-state index in [-0.39, 0.29) is 6.10 Å². The SMILES string of the molecule is CCOc1ccc(Nc2cc(Nc3ccc(OC(C)C)cc3)nc(C)n2)cc1. The lowest BCUT2D eigenvalue weighted by atomic mass is 10.3. The molecule has 0 aliphatic carbocycles. The molecule has 2 N–H and O–H groups in total. The number of nitrogens with zero attached hydrogens (tertiary/aromatic N) is 2. The summed E-state index contributed by atoms with van der Waals surface area (Å²) < 4.78 is 11.1. The summed E-state index contributed by atoms with van der Waals surface area (Å²) in [5.74, 6) is 3.81. The third-order valence-corrected chi connectivity index (χ3v) is 3.77. The lowest BCUT2D eigenvalue weighted by Crippen LogP contribution is -2.05. The van der Waals surface area contributed by atoms with Gasteiger partial charge in [-0.15, -0.1) is 0 Å². The number of aryl methyl sites for hydroxylation is 1. The van der Waals surface area contributed by atoms with Gasteiger partial charge in [-0.1, -0.05) is 0 Å². The highest BCUT2D eigenvalue weighted by Gasteiger charge is 2.05. The Bertz CT molecular complexity index is 893. The molecule has 0 radical (unpaired) electrons. The van der Waals surface area contributed by atoms with Crippen LogP contribution < -0.4 is 20.1 Å². The number of benzene rings is 2. The largest absolute Gasteiger partial charge is 0.494 e. The van der Waals surface area contributed by atoms with Gasteiger partial charge in [0.25, 0.3) is 0 Å². The van der Waals surface area contributed by atoms with Gasteiger partial charge in [0.15, 0.2) is 0 Å². The Morgan fingerprint density at radius 2 is 1.32 bits per heavy atom. The first kappa shape index (κ1) is 19.5. The molecule has 0 amide bonds. The van der Waals surface area contributed by atoms with Gasteiger partial charge in [0.2, 0.25) is 0 Å². The first-order valence-corrected chi connectivity index (χ1v) is 9.41.